The first-order valence-electron chi connectivity index (χ1n) is 3.62. The van der Waals surface area contributed by atoms with Gasteiger partial charge in [-0.3, -0.25) is 9.69 Å². The summed E-state index contributed by atoms with van der Waals surface area (Å²) in [5.74, 6) is -0.478. The molecule has 0 radical (unpaired) electrons. The van der Waals surface area contributed by atoms with Gasteiger partial charge in [-0.1, -0.05) is 0 Å². The molecule has 1 rings (SSSR count). The second kappa shape index (κ2) is 3.30. The van der Waals surface area contributed by atoms with E-state index < -0.39 is 24.1 Å². The number of amides is 5. The molecule has 1 saturated heterocycles. The number of nitrogens with one attached hydrogen (secondary N) is 3. The molecule has 72 valence electrons. The summed E-state index contributed by atoms with van der Waals surface area (Å²) >= 11 is 0. The summed E-state index contributed by atoms with van der Waals surface area (Å²) in [4.78, 5) is 33.7. The molecule has 3 N–H and O–H groups in total. The lowest BCUT2D eigenvalue weighted by Crippen LogP contribution is -2.49. The van der Waals surface area contributed by atoms with Gasteiger partial charge in [0.15, 0.2) is 6.17 Å². The Kier molecular flexibility index (Phi) is 2.36. The van der Waals surface area contributed by atoms with Crippen molar-refractivity contribution in [3.8, 4) is 0 Å². The Morgan fingerprint density at radius 1 is 1.54 bits per heavy atom. The Hall–Kier alpha value is -1.79. The van der Waals surface area contributed by atoms with Gasteiger partial charge in [-0.15, -0.1) is 0 Å². The molecule has 0 aromatic carbocycles. The predicted octanol–water partition coefficient (Wildman–Crippen LogP) is -1.58. The smallest absolute Gasteiger partial charge is 0.325 e. The molecule has 1 heterocycles. The number of likely N-dealkylation sites (N-methyl/N-ethyl adjacent to an activating group) is 1. The highest BCUT2D eigenvalue weighted by atomic mass is 16.2. The van der Waals surface area contributed by atoms with Crippen LogP contribution in [0.1, 0.15) is 0 Å². The van der Waals surface area contributed by atoms with Crippen molar-refractivity contribution in [2.45, 2.75) is 6.17 Å². The van der Waals surface area contributed by atoms with Crippen molar-refractivity contribution >= 4 is 18.0 Å². The summed E-state index contributed by atoms with van der Waals surface area (Å²) in [6.07, 6.45) is -0.961. The molecule has 0 aliphatic carbocycles. The van der Waals surface area contributed by atoms with Crippen molar-refractivity contribution in [2.24, 2.45) is 0 Å². The second-order valence-electron chi connectivity index (χ2n) is 2.50. The lowest BCUT2D eigenvalue weighted by Gasteiger charge is -2.09. The maximum atomic E-state index is 11.2. The molecule has 0 aromatic rings. The molecule has 7 heteroatoms. The molecule has 0 unspecified atom stereocenters. The van der Waals surface area contributed by atoms with Gasteiger partial charge in [0.25, 0.3) is 5.91 Å². The van der Waals surface area contributed by atoms with Gasteiger partial charge in [-0.25, -0.2) is 9.59 Å². The predicted molar refractivity (Wildman–Crippen MR) is 42.7 cm³/mol. The van der Waals surface area contributed by atoms with Crippen LogP contribution in [0.15, 0.2) is 0 Å². The fourth-order valence-electron chi connectivity index (χ4n) is 0.877. The molecule has 1 atom stereocenters. The topological polar surface area (TPSA) is 90.5 Å². The van der Waals surface area contributed by atoms with Gasteiger partial charge in [-0.05, 0) is 0 Å². The minimum atomic E-state index is -0.961. The highest BCUT2D eigenvalue weighted by Gasteiger charge is 2.35. The van der Waals surface area contributed by atoms with Gasteiger partial charge in [0.2, 0.25) is 0 Å². The number of carbonyl (C=O) groups excluding carboxylic acids is 3. The summed E-state index contributed by atoms with van der Waals surface area (Å²) in [6.45, 7) is 0. The van der Waals surface area contributed by atoms with Crippen molar-refractivity contribution in [3.05, 3.63) is 0 Å². The Morgan fingerprint density at radius 2 is 2.15 bits per heavy atom. The standard InChI is InChI=1S/C6H10N4O3/c1-7-5(12)8-3-4(11)10(2)6(13)9-3/h3H,1-2H3,(H,9,13)(H2,7,8,12)/t3-/m0/s1. The SMILES string of the molecule is CNC(=O)N[C@H]1NC(=O)N(C)C1=O. The molecule has 0 saturated carbocycles. The molecule has 13 heavy (non-hydrogen) atoms. The zero-order chi connectivity index (χ0) is 10.0. The van der Waals surface area contributed by atoms with Gasteiger partial charge in [0.05, 0.1) is 0 Å². The Bertz CT molecular complexity index is 265. The van der Waals surface area contributed by atoms with Crippen LogP contribution in [-0.4, -0.2) is 43.1 Å². The summed E-state index contributed by atoms with van der Waals surface area (Å²) in [5.41, 5.74) is 0. The van der Waals surface area contributed by atoms with E-state index in [0.29, 0.717) is 0 Å². The largest absolute Gasteiger partial charge is 0.341 e. The molecule has 0 aromatic heterocycles. The van der Waals surface area contributed by atoms with E-state index in [2.05, 4.69) is 16.0 Å². The van der Waals surface area contributed by atoms with Crippen molar-refractivity contribution < 1.29 is 14.4 Å². The molecule has 1 aliphatic heterocycles. The van der Waals surface area contributed by atoms with E-state index in [1.54, 1.807) is 0 Å². The van der Waals surface area contributed by atoms with Gasteiger partial charge in [0.1, 0.15) is 0 Å². The lowest BCUT2D eigenvalue weighted by molar-refractivity contribution is -0.126. The molecule has 7 nitrogen and oxygen atoms in total. The number of urea groups is 2. The van der Waals surface area contributed by atoms with Crippen LogP contribution < -0.4 is 16.0 Å². The molecule has 1 aliphatic rings. The minimum Gasteiger partial charge on any atom is -0.341 e. The summed E-state index contributed by atoms with van der Waals surface area (Å²) < 4.78 is 0. The third-order valence-corrected chi connectivity index (χ3v) is 1.65. The first-order valence-corrected chi connectivity index (χ1v) is 3.62. The van der Waals surface area contributed by atoms with Crippen LogP contribution in [0.3, 0.4) is 0 Å². The maximum absolute atomic E-state index is 11.2. The van der Waals surface area contributed by atoms with Crippen molar-refractivity contribution in [1.29, 1.82) is 0 Å². The highest BCUT2D eigenvalue weighted by Crippen LogP contribution is 1.99. The van der Waals surface area contributed by atoms with Crippen LogP contribution in [0.25, 0.3) is 0 Å². The fraction of sp³-hybridized carbons (Fsp3) is 0.500. The number of hydrogen-bond acceptors (Lipinski definition) is 3. The van der Waals surface area contributed by atoms with E-state index in [-0.39, 0.29) is 0 Å². The average Bonchev–Trinajstić information content (AvgIpc) is 2.34. The van der Waals surface area contributed by atoms with E-state index >= 15 is 0 Å². The van der Waals surface area contributed by atoms with Gasteiger partial charge < -0.3 is 16.0 Å². The zero-order valence-electron chi connectivity index (χ0n) is 7.25. The summed E-state index contributed by atoms with van der Waals surface area (Å²) in [5, 5.41) is 6.82. The summed E-state index contributed by atoms with van der Waals surface area (Å²) in [7, 11) is 2.75. The molecule has 5 amide bonds. The van der Waals surface area contributed by atoms with Crippen LogP contribution in [0.2, 0.25) is 0 Å². The third kappa shape index (κ3) is 1.68. The number of imide groups is 1. The van der Waals surface area contributed by atoms with Crippen LogP contribution in [0.4, 0.5) is 9.59 Å². The van der Waals surface area contributed by atoms with E-state index in [0.717, 1.165) is 4.90 Å². The van der Waals surface area contributed by atoms with Crippen LogP contribution in [0, 0.1) is 0 Å². The lowest BCUT2D eigenvalue weighted by atomic mass is 10.5. The molecule has 0 bridgehead atoms. The van der Waals surface area contributed by atoms with E-state index in [1.807, 2.05) is 0 Å². The fourth-order valence-corrected chi connectivity index (χ4v) is 0.877. The third-order valence-electron chi connectivity index (χ3n) is 1.65. The Balaban J connectivity index is 2.59. The van der Waals surface area contributed by atoms with Gasteiger partial charge in [-0.2, -0.15) is 0 Å². The monoisotopic (exact) mass is 186 g/mol. The first-order chi connectivity index (χ1) is 6.06. The molecular weight excluding hydrogens is 176 g/mol. The quantitative estimate of drug-likeness (QED) is 0.432. The highest BCUT2D eigenvalue weighted by molar-refractivity contribution is 6.04. The number of carbonyl (C=O) groups is 3. The number of nitrogens with zero attached hydrogens (tertiary/aromatic N) is 1. The van der Waals surface area contributed by atoms with Crippen molar-refractivity contribution in [3.63, 3.8) is 0 Å². The van der Waals surface area contributed by atoms with Gasteiger partial charge in [0, 0.05) is 14.1 Å². The van der Waals surface area contributed by atoms with Crippen molar-refractivity contribution in [1.82, 2.24) is 20.9 Å². The second-order valence-corrected chi connectivity index (χ2v) is 2.50. The molecule has 1 fully saturated rings. The summed E-state index contributed by atoms with van der Waals surface area (Å²) in [6, 6.07) is -1.04. The average molecular weight is 186 g/mol. The van der Waals surface area contributed by atoms with Crippen molar-refractivity contribution in [2.75, 3.05) is 14.1 Å². The van der Waals surface area contributed by atoms with Crippen LogP contribution in [-0.2, 0) is 4.79 Å². The molecular formula is C6H10N4O3. The van der Waals surface area contributed by atoms with E-state index in [4.69, 9.17) is 0 Å². The number of hydrogen-bond donors (Lipinski definition) is 3. The van der Waals surface area contributed by atoms with Crippen LogP contribution >= 0.6 is 0 Å². The minimum absolute atomic E-state index is 0.478. The Morgan fingerprint density at radius 3 is 2.54 bits per heavy atom. The Labute approximate surface area is 74.5 Å². The normalized spacial score (nSPS) is 21.4. The molecule has 0 spiro atoms. The van der Waals surface area contributed by atoms with E-state index in [1.165, 1.54) is 14.1 Å². The maximum Gasteiger partial charge on any atom is 0.325 e. The zero-order valence-corrected chi connectivity index (χ0v) is 7.25. The van der Waals surface area contributed by atoms with Crippen LogP contribution in [0.5, 0.6) is 0 Å². The first kappa shape index (κ1) is 9.30. The van der Waals surface area contributed by atoms with E-state index in [9.17, 15) is 14.4 Å². The van der Waals surface area contributed by atoms with Gasteiger partial charge >= 0.3 is 12.1 Å². The number of rotatable bonds is 1.